The van der Waals surface area contributed by atoms with E-state index in [4.69, 9.17) is 4.42 Å². The van der Waals surface area contributed by atoms with Gasteiger partial charge in [0.25, 0.3) is 0 Å². The number of nitrogens with one attached hydrogen (secondary N) is 1. The lowest BCUT2D eigenvalue weighted by atomic mass is 10.1. The Morgan fingerprint density at radius 2 is 1.81 bits per heavy atom. The Balaban J connectivity index is 1.55. The molecule has 0 radical (unpaired) electrons. The van der Waals surface area contributed by atoms with E-state index in [0.29, 0.717) is 44.1 Å². The number of fused-ring (bicyclic) bond motifs is 1. The van der Waals surface area contributed by atoms with Crippen molar-refractivity contribution in [1.82, 2.24) is 20.1 Å². The lowest BCUT2D eigenvalue weighted by Gasteiger charge is -2.36. The Labute approximate surface area is 153 Å². The van der Waals surface area contributed by atoms with Crippen LogP contribution in [0.2, 0.25) is 0 Å². The van der Waals surface area contributed by atoms with Crippen LogP contribution in [0.5, 0.6) is 0 Å². The Hall–Kier alpha value is -2.57. The van der Waals surface area contributed by atoms with Gasteiger partial charge < -0.3 is 19.5 Å². The van der Waals surface area contributed by atoms with Crippen molar-refractivity contribution in [3.63, 3.8) is 0 Å². The standard InChI is InChI=1S/C19H26N4O3/c1-13-20-15-6-5-14(11-16(15)26-13)12-17(24)22-7-9-23(10-8-22)18(25)21-19(2,3)4/h5-6,11H,7-10,12H2,1-4H3,(H,21,25). The zero-order valence-corrected chi connectivity index (χ0v) is 15.8. The first-order valence-corrected chi connectivity index (χ1v) is 8.92. The average molecular weight is 358 g/mol. The molecule has 3 rings (SSSR count). The van der Waals surface area contributed by atoms with Gasteiger partial charge in [-0.25, -0.2) is 9.78 Å². The Kier molecular flexibility index (Phi) is 4.89. The van der Waals surface area contributed by atoms with E-state index in [1.807, 2.05) is 43.9 Å². The van der Waals surface area contributed by atoms with E-state index < -0.39 is 0 Å². The summed E-state index contributed by atoms with van der Waals surface area (Å²) < 4.78 is 5.53. The fourth-order valence-corrected chi connectivity index (χ4v) is 3.04. The van der Waals surface area contributed by atoms with Gasteiger partial charge in [-0.15, -0.1) is 0 Å². The van der Waals surface area contributed by atoms with E-state index in [1.54, 1.807) is 11.8 Å². The minimum Gasteiger partial charge on any atom is -0.441 e. The maximum Gasteiger partial charge on any atom is 0.317 e. The highest BCUT2D eigenvalue weighted by Crippen LogP contribution is 2.18. The molecule has 7 heteroatoms. The minimum atomic E-state index is -0.262. The molecule has 0 unspecified atom stereocenters. The van der Waals surface area contributed by atoms with Crippen LogP contribution >= 0.6 is 0 Å². The SMILES string of the molecule is Cc1nc2ccc(CC(=O)N3CCN(C(=O)NC(C)(C)C)CC3)cc2o1. The van der Waals surface area contributed by atoms with Crippen molar-refractivity contribution in [3.8, 4) is 0 Å². The van der Waals surface area contributed by atoms with Crippen LogP contribution in [0.25, 0.3) is 11.1 Å². The van der Waals surface area contributed by atoms with Crippen LogP contribution < -0.4 is 5.32 Å². The number of urea groups is 1. The van der Waals surface area contributed by atoms with Gasteiger partial charge in [0, 0.05) is 38.6 Å². The van der Waals surface area contributed by atoms with Crippen LogP contribution in [0, 0.1) is 6.92 Å². The molecule has 1 aliphatic heterocycles. The fraction of sp³-hybridized carbons (Fsp3) is 0.526. The molecule has 0 saturated carbocycles. The van der Waals surface area contributed by atoms with Gasteiger partial charge in [-0.3, -0.25) is 4.79 Å². The molecule has 7 nitrogen and oxygen atoms in total. The second-order valence-electron chi connectivity index (χ2n) is 7.76. The summed E-state index contributed by atoms with van der Waals surface area (Å²) in [6.07, 6.45) is 0.323. The molecule has 3 amide bonds. The number of carbonyl (C=O) groups excluding carboxylic acids is 2. The first kappa shape index (κ1) is 18.2. The second-order valence-corrected chi connectivity index (χ2v) is 7.76. The zero-order valence-electron chi connectivity index (χ0n) is 15.8. The maximum absolute atomic E-state index is 12.6. The summed E-state index contributed by atoms with van der Waals surface area (Å²) in [7, 11) is 0. The fourth-order valence-electron chi connectivity index (χ4n) is 3.04. The van der Waals surface area contributed by atoms with Gasteiger partial charge in [0.2, 0.25) is 5.91 Å². The molecular formula is C19H26N4O3. The number of rotatable bonds is 2. The van der Waals surface area contributed by atoms with Crippen molar-refractivity contribution in [2.24, 2.45) is 0 Å². The normalized spacial score (nSPS) is 15.4. The van der Waals surface area contributed by atoms with Gasteiger partial charge in [-0.1, -0.05) is 6.07 Å². The molecule has 2 aromatic rings. The van der Waals surface area contributed by atoms with Crippen molar-refractivity contribution in [3.05, 3.63) is 29.7 Å². The largest absolute Gasteiger partial charge is 0.441 e. The predicted molar refractivity (Wildman–Crippen MR) is 98.9 cm³/mol. The summed E-state index contributed by atoms with van der Waals surface area (Å²) in [5.41, 5.74) is 2.15. The van der Waals surface area contributed by atoms with E-state index in [0.717, 1.165) is 11.1 Å². The van der Waals surface area contributed by atoms with Crippen LogP contribution in [0.15, 0.2) is 22.6 Å². The number of hydrogen-bond acceptors (Lipinski definition) is 4. The Morgan fingerprint density at radius 3 is 2.46 bits per heavy atom. The second kappa shape index (κ2) is 6.97. The van der Waals surface area contributed by atoms with Crippen LogP contribution in [0.4, 0.5) is 4.79 Å². The van der Waals surface area contributed by atoms with Gasteiger partial charge in [0.1, 0.15) is 5.52 Å². The van der Waals surface area contributed by atoms with Crippen molar-refractivity contribution in [2.45, 2.75) is 39.7 Å². The average Bonchev–Trinajstić information content (AvgIpc) is 2.92. The zero-order chi connectivity index (χ0) is 18.9. The molecule has 1 aromatic carbocycles. The van der Waals surface area contributed by atoms with E-state index in [-0.39, 0.29) is 17.5 Å². The van der Waals surface area contributed by atoms with E-state index in [1.165, 1.54) is 0 Å². The number of nitrogens with zero attached hydrogens (tertiary/aromatic N) is 3. The molecule has 0 atom stereocenters. The first-order chi connectivity index (χ1) is 12.2. The number of aromatic nitrogens is 1. The van der Waals surface area contributed by atoms with Gasteiger partial charge in [0.15, 0.2) is 11.5 Å². The third-order valence-electron chi connectivity index (χ3n) is 4.32. The summed E-state index contributed by atoms with van der Waals surface area (Å²) in [6.45, 7) is 9.88. The molecule has 0 aliphatic carbocycles. The highest BCUT2D eigenvalue weighted by atomic mass is 16.3. The quantitative estimate of drug-likeness (QED) is 0.894. The number of carbonyl (C=O) groups is 2. The summed E-state index contributed by atoms with van der Waals surface area (Å²) in [4.78, 5) is 32.6. The number of aryl methyl sites for hydroxylation is 1. The lowest BCUT2D eigenvalue weighted by molar-refractivity contribution is -0.131. The van der Waals surface area contributed by atoms with Crippen LogP contribution in [0.3, 0.4) is 0 Å². The highest BCUT2D eigenvalue weighted by molar-refractivity contribution is 5.81. The van der Waals surface area contributed by atoms with Gasteiger partial charge in [-0.2, -0.15) is 0 Å². The number of piperazine rings is 1. The minimum absolute atomic E-state index is 0.0662. The van der Waals surface area contributed by atoms with Gasteiger partial charge in [0.05, 0.1) is 6.42 Å². The first-order valence-electron chi connectivity index (χ1n) is 8.92. The molecule has 1 saturated heterocycles. The molecule has 1 aromatic heterocycles. The maximum atomic E-state index is 12.6. The van der Waals surface area contributed by atoms with Crippen LogP contribution in [-0.4, -0.2) is 58.4 Å². The summed E-state index contributed by atoms with van der Waals surface area (Å²) in [5, 5.41) is 2.96. The Morgan fingerprint density at radius 1 is 1.15 bits per heavy atom. The van der Waals surface area contributed by atoms with Crippen molar-refractivity contribution in [1.29, 1.82) is 0 Å². The van der Waals surface area contributed by atoms with Crippen LogP contribution in [0.1, 0.15) is 32.2 Å². The van der Waals surface area contributed by atoms with E-state index >= 15 is 0 Å². The molecule has 1 fully saturated rings. The van der Waals surface area contributed by atoms with Crippen molar-refractivity contribution in [2.75, 3.05) is 26.2 Å². The molecular weight excluding hydrogens is 332 g/mol. The van der Waals surface area contributed by atoms with Gasteiger partial charge >= 0.3 is 6.03 Å². The molecule has 140 valence electrons. The monoisotopic (exact) mass is 358 g/mol. The molecule has 0 spiro atoms. The van der Waals surface area contributed by atoms with Crippen molar-refractivity contribution < 1.29 is 14.0 Å². The molecule has 1 N–H and O–H groups in total. The van der Waals surface area contributed by atoms with E-state index in [9.17, 15) is 9.59 Å². The van der Waals surface area contributed by atoms with Gasteiger partial charge in [-0.05, 0) is 38.5 Å². The topological polar surface area (TPSA) is 78.7 Å². The summed E-state index contributed by atoms with van der Waals surface area (Å²) in [5.74, 6) is 0.685. The predicted octanol–water partition coefficient (Wildman–Crippen LogP) is 2.33. The number of hydrogen-bond donors (Lipinski definition) is 1. The van der Waals surface area contributed by atoms with Crippen molar-refractivity contribution >= 4 is 23.0 Å². The number of oxazole rings is 1. The third-order valence-corrected chi connectivity index (χ3v) is 4.32. The molecule has 26 heavy (non-hydrogen) atoms. The van der Waals surface area contributed by atoms with E-state index in [2.05, 4.69) is 10.3 Å². The molecule has 0 bridgehead atoms. The smallest absolute Gasteiger partial charge is 0.317 e. The number of amides is 3. The highest BCUT2D eigenvalue weighted by Gasteiger charge is 2.26. The van der Waals surface area contributed by atoms with Crippen LogP contribution in [-0.2, 0) is 11.2 Å². The summed E-state index contributed by atoms with van der Waals surface area (Å²) >= 11 is 0. The Bertz CT molecular complexity index is 814. The molecule has 1 aliphatic rings. The third kappa shape index (κ3) is 4.33. The number of benzene rings is 1. The summed E-state index contributed by atoms with van der Waals surface area (Å²) in [6, 6.07) is 5.59. The lowest BCUT2D eigenvalue weighted by Crippen LogP contribution is -2.56. The molecule has 2 heterocycles.